The minimum atomic E-state index is -0.537. The van der Waals surface area contributed by atoms with E-state index in [0.29, 0.717) is 17.0 Å². The summed E-state index contributed by atoms with van der Waals surface area (Å²) in [5.74, 6) is -0.675. The van der Waals surface area contributed by atoms with Gasteiger partial charge in [-0.25, -0.2) is 9.07 Å². The van der Waals surface area contributed by atoms with E-state index in [9.17, 15) is 18.8 Å². The number of halogens is 2. The van der Waals surface area contributed by atoms with Gasteiger partial charge in [0.2, 0.25) is 11.8 Å². The van der Waals surface area contributed by atoms with Crippen LogP contribution in [0.4, 0.5) is 10.1 Å². The summed E-state index contributed by atoms with van der Waals surface area (Å²) in [6.07, 6.45) is 1.51. The molecule has 7 nitrogen and oxygen atoms in total. The van der Waals surface area contributed by atoms with Crippen LogP contribution in [0, 0.1) is 11.7 Å². The summed E-state index contributed by atoms with van der Waals surface area (Å²) in [6.45, 7) is 4.18. The summed E-state index contributed by atoms with van der Waals surface area (Å²) in [5.41, 5.74) is 0.414. The van der Waals surface area contributed by atoms with E-state index >= 15 is 0 Å². The topological polar surface area (TPSA) is 84.3 Å². The lowest BCUT2D eigenvalue weighted by molar-refractivity contribution is -0.122. The molecule has 0 aliphatic carbocycles. The first kappa shape index (κ1) is 21.3. The van der Waals surface area contributed by atoms with E-state index in [1.807, 2.05) is 13.8 Å². The number of aromatic nitrogens is 2. The molecule has 0 radical (unpaired) electrons. The van der Waals surface area contributed by atoms with Crippen molar-refractivity contribution in [3.63, 3.8) is 0 Å². The van der Waals surface area contributed by atoms with Crippen LogP contribution in [0.25, 0.3) is 0 Å². The second kappa shape index (κ2) is 8.96. The summed E-state index contributed by atoms with van der Waals surface area (Å²) in [6, 6.07) is 4.15. The van der Waals surface area contributed by atoms with Gasteiger partial charge in [0.25, 0.3) is 5.56 Å². The Kier molecular flexibility index (Phi) is 6.59. The number of rotatable bonds is 6. The number of anilines is 1. The zero-order valence-corrected chi connectivity index (χ0v) is 17.5. The molecule has 1 aromatic carbocycles. The second-order valence-corrected chi connectivity index (χ2v) is 8.46. The van der Waals surface area contributed by atoms with Crippen molar-refractivity contribution in [3.8, 4) is 0 Å². The van der Waals surface area contributed by atoms with Crippen molar-refractivity contribution in [2.24, 2.45) is 5.92 Å². The fraction of sp³-hybridized carbons (Fsp3) is 0.368. The Balaban J connectivity index is 1.75. The van der Waals surface area contributed by atoms with Gasteiger partial charge in [-0.15, -0.1) is 11.8 Å². The van der Waals surface area contributed by atoms with Gasteiger partial charge in [0, 0.05) is 13.1 Å². The fourth-order valence-electron chi connectivity index (χ4n) is 2.87. The van der Waals surface area contributed by atoms with Gasteiger partial charge < -0.3 is 10.2 Å². The highest BCUT2D eigenvalue weighted by Gasteiger charge is 2.29. The molecule has 0 atom stereocenters. The van der Waals surface area contributed by atoms with E-state index in [1.54, 1.807) is 0 Å². The zero-order chi connectivity index (χ0) is 21.1. The van der Waals surface area contributed by atoms with Crippen LogP contribution in [0.3, 0.4) is 0 Å². The Hall–Kier alpha value is -2.39. The maximum absolute atomic E-state index is 13.2. The monoisotopic (exact) mass is 438 g/mol. The van der Waals surface area contributed by atoms with Gasteiger partial charge in [-0.05, 0) is 23.6 Å². The summed E-state index contributed by atoms with van der Waals surface area (Å²) < 4.78 is 14.3. The van der Waals surface area contributed by atoms with Crippen molar-refractivity contribution >= 4 is 40.9 Å². The van der Waals surface area contributed by atoms with Crippen LogP contribution in [0.1, 0.15) is 19.4 Å². The maximum Gasteiger partial charge on any atom is 0.292 e. The lowest BCUT2D eigenvalue weighted by Gasteiger charge is -2.29. The van der Waals surface area contributed by atoms with Gasteiger partial charge in [-0.1, -0.05) is 31.5 Å². The van der Waals surface area contributed by atoms with Crippen LogP contribution >= 0.6 is 23.4 Å². The molecule has 2 amide bonds. The molecule has 2 aromatic rings. The van der Waals surface area contributed by atoms with Crippen molar-refractivity contribution in [2.75, 3.05) is 17.2 Å². The van der Waals surface area contributed by atoms with E-state index in [2.05, 4.69) is 10.4 Å². The number of amides is 2. The van der Waals surface area contributed by atoms with Crippen LogP contribution in [-0.4, -0.2) is 33.9 Å². The second-order valence-electron chi connectivity index (χ2n) is 7.03. The van der Waals surface area contributed by atoms with Gasteiger partial charge >= 0.3 is 0 Å². The SMILES string of the molecule is CC(C)CN1C(=O)CSc2cnn(CC(=O)NCc3ccc(F)c(Cl)c3)c(=O)c21. The number of fused-ring (bicyclic) bond motifs is 1. The predicted octanol–water partition coefficient (Wildman–Crippen LogP) is 2.45. The Morgan fingerprint density at radius 3 is 2.83 bits per heavy atom. The molecule has 154 valence electrons. The number of nitrogens with one attached hydrogen (secondary N) is 1. The van der Waals surface area contributed by atoms with E-state index in [4.69, 9.17) is 11.6 Å². The highest BCUT2D eigenvalue weighted by atomic mass is 35.5. The average molecular weight is 439 g/mol. The predicted molar refractivity (Wildman–Crippen MR) is 110 cm³/mol. The quantitative estimate of drug-likeness (QED) is 0.748. The Labute approximate surface area is 176 Å². The van der Waals surface area contributed by atoms with Gasteiger partial charge in [0.15, 0.2) is 0 Å². The van der Waals surface area contributed by atoms with Crippen molar-refractivity contribution in [1.82, 2.24) is 15.1 Å². The molecule has 0 saturated heterocycles. The Morgan fingerprint density at radius 2 is 2.14 bits per heavy atom. The smallest absolute Gasteiger partial charge is 0.292 e. The summed E-state index contributed by atoms with van der Waals surface area (Å²) >= 11 is 7.00. The van der Waals surface area contributed by atoms with E-state index in [1.165, 1.54) is 41.1 Å². The molecule has 0 fully saturated rings. The molecule has 0 saturated carbocycles. The van der Waals surface area contributed by atoms with Crippen LogP contribution < -0.4 is 15.8 Å². The summed E-state index contributed by atoms with van der Waals surface area (Å²) in [5, 5.41) is 6.68. The number of nitrogens with zero attached hydrogens (tertiary/aromatic N) is 3. The molecule has 0 bridgehead atoms. The minimum absolute atomic E-state index is 0.0308. The third-order valence-corrected chi connectivity index (χ3v) is 5.51. The minimum Gasteiger partial charge on any atom is -0.350 e. The third-order valence-electron chi connectivity index (χ3n) is 4.22. The normalized spacial score (nSPS) is 13.6. The molecule has 0 spiro atoms. The summed E-state index contributed by atoms with van der Waals surface area (Å²) in [7, 11) is 0. The number of hydrogen-bond acceptors (Lipinski definition) is 5. The molecule has 0 unspecified atom stereocenters. The molecular weight excluding hydrogens is 419 g/mol. The molecule has 3 rings (SSSR count). The zero-order valence-electron chi connectivity index (χ0n) is 15.9. The molecule has 2 heterocycles. The highest BCUT2D eigenvalue weighted by molar-refractivity contribution is 8.00. The van der Waals surface area contributed by atoms with Crippen LogP contribution in [0.2, 0.25) is 5.02 Å². The van der Waals surface area contributed by atoms with Crippen LogP contribution in [0.15, 0.2) is 34.1 Å². The molecule has 10 heteroatoms. The van der Waals surface area contributed by atoms with Gasteiger partial charge in [-0.3, -0.25) is 14.4 Å². The third kappa shape index (κ3) is 4.97. The lowest BCUT2D eigenvalue weighted by Crippen LogP contribution is -2.44. The van der Waals surface area contributed by atoms with Crippen LogP contribution in [0.5, 0.6) is 0 Å². The fourth-order valence-corrected chi connectivity index (χ4v) is 3.97. The number of carbonyl (C=O) groups excluding carboxylic acids is 2. The average Bonchev–Trinajstić information content (AvgIpc) is 2.67. The van der Waals surface area contributed by atoms with Crippen molar-refractivity contribution < 1.29 is 14.0 Å². The number of hydrogen-bond donors (Lipinski definition) is 1. The van der Waals surface area contributed by atoms with Crippen LogP contribution in [-0.2, 0) is 22.7 Å². The molecule has 29 heavy (non-hydrogen) atoms. The first-order valence-corrected chi connectivity index (χ1v) is 10.4. The highest BCUT2D eigenvalue weighted by Crippen LogP contribution is 2.32. The first-order chi connectivity index (χ1) is 13.8. The van der Waals surface area contributed by atoms with Gasteiger partial charge in [-0.2, -0.15) is 5.10 Å². The Bertz CT molecular complexity index is 1010. The van der Waals surface area contributed by atoms with Crippen molar-refractivity contribution in [2.45, 2.75) is 31.8 Å². The standard InChI is InChI=1S/C19H20ClFN4O3S/c1-11(2)8-24-17(27)10-29-15-7-23-25(19(28)18(15)24)9-16(26)22-6-12-3-4-14(21)13(20)5-12/h3-5,7,11H,6,8-10H2,1-2H3,(H,22,26). The number of carbonyl (C=O) groups is 2. The van der Waals surface area contributed by atoms with Crippen molar-refractivity contribution in [3.05, 3.63) is 51.2 Å². The first-order valence-electron chi connectivity index (χ1n) is 9.00. The van der Waals surface area contributed by atoms with Gasteiger partial charge in [0.1, 0.15) is 18.0 Å². The molecule has 1 aromatic heterocycles. The molecular formula is C19H20ClFN4O3S. The lowest BCUT2D eigenvalue weighted by atomic mass is 10.2. The molecule has 1 aliphatic heterocycles. The molecule has 1 aliphatic rings. The largest absolute Gasteiger partial charge is 0.350 e. The van der Waals surface area contributed by atoms with Crippen molar-refractivity contribution in [1.29, 1.82) is 0 Å². The van der Waals surface area contributed by atoms with Gasteiger partial charge in [0.05, 0.1) is 21.9 Å². The number of benzene rings is 1. The maximum atomic E-state index is 13.2. The Morgan fingerprint density at radius 1 is 1.38 bits per heavy atom. The molecule has 1 N–H and O–H groups in total. The summed E-state index contributed by atoms with van der Waals surface area (Å²) in [4.78, 5) is 39.6. The van der Waals surface area contributed by atoms with E-state index in [-0.39, 0.29) is 41.4 Å². The number of thioether (sulfide) groups is 1. The van der Waals surface area contributed by atoms with E-state index < -0.39 is 17.3 Å². The van der Waals surface area contributed by atoms with E-state index in [0.717, 1.165) is 4.68 Å².